The smallest absolute Gasteiger partial charge is 0.283 e. The lowest BCUT2D eigenvalue weighted by molar-refractivity contribution is -0.124. The summed E-state index contributed by atoms with van der Waals surface area (Å²) in [5, 5.41) is 3.55. The minimum Gasteiger partial charge on any atom is -0.362 e. The quantitative estimate of drug-likeness (QED) is 0.747. The van der Waals surface area contributed by atoms with Crippen molar-refractivity contribution in [2.24, 2.45) is 4.40 Å². The number of hydrogen-bond donors (Lipinski definition) is 1. The molecule has 0 spiro atoms. The van der Waals surface area contributed by atoms with Gasteiger partial charge in [-0.1, -0.05) is 30.2 Å². The summed E-state index contributed by atoms with van der Waals surface area (Å²) < 4.78 is 29.1. The second kappa shape index (κ2) is 8.04. The number of rotatable bonds is 5. The molecule has 0 unspecified atom stereocenters. The number of carbonyl (C=O) groups excluding carboxylic acids is 1. The van der Waals surface area contributed by atoms with Crippen LogP contribution in [0.25, 0.3) is 0 Å². The average Bonchev–Trinajstić information content (AvgIpc) is 3.05. The number of carbonyl (C=O) groups is 1. The van der Waals surface area contributed by atoms with Crippen molar-refractivity contribution in [1.29, 1.82) is 0 Å². The van der Waals surface area contributed by atoms with E-state index < -0.39 is 15.4 Å². The highest BCUT2D eigenvalue weighted by Gasteiger charge is 2.45. The molecule has 2 aliphatic rings. The van der Waals surface area contributed by atoms with Crippen LogP contribution >= 0.6 is 11.6 Å². The van der Waals surface area contributed by atoms with Gasteiger partial charge in [0.2, 0.25) is 5.91 Å². The molecule has 2 aromatic carbocycles. The van der Waals surface area contributed by atoms with Crippen LogP contribution in [0.15, 0.2) is 57.8 Å². The molecule has 1 amide bonds. The molecule has 0 aromatic heterocycles. The Labute approximate surface area is 182 Å². The number of anilines is 1. The largest absolute Gasteiger partial charge is 0.362 e. The zero-order valence-electron chi connectivity index (χ0n) is 16.8. The highest BCUT2D eigenvalue weighted by Crippen LogP contribution is 2.45. The third-order valence-electron chi connectivity index (χ3n) is 5.99. The van der Waals surface area contributed by atoms with E-state index in [1.165, 1.54) is 12.1 Å². The number of halogens is 1. The third-order valence-corrected chi connectivity index (χ3v) is 7.54. The molecule has 0 atom stereocenters. The van der Waals surface area contributed by atoms with Crippen LogP contribution in [0.2, 0.25) is 5.02 Å². The predicted octanol–water partition coefficient (Wildman–Crippen LogP) is 4.21. The number of hydrogen-bond acceptors (Lipinski definition) is 3. The van der Waals surface area contributed by atoms with Gasteiger partial charge in [0.05, 0.1) is 10.3 Å². The van der Waals surface area contributed by atoms with Crippen LogP contribution in [0.3, 0.4) is 0 Å². The van der Waals surface area contributed by atoms with Gasteiger partial charge in [0.15, 0.2) is 0 Å². The fraction of sp³-hybridized carbons (Fsp3) is 0.364. The molecule has 1 aliphatic heterocycles. The molecule has 6 nitrogen and oxygen atoms in total. The summed E-state index contributed by atoms with van der Waals surface area (Å²) in [7, 11) is -1.93. The number of likely N-dealkylation sites (tertiary alicyclic amines) is 1. The Morgan fingerprint density at radius 1 is 1.13 bits per heavy atom. The van der Waals surface area contributed by atoms with Crippen molar-refractivity contribution in [1.82, 2.24) is 4.90 Å². The van der Waals surface area contributed by atoms with E-state index in [1.54, 1.807) is 18.2 Å². The summed E-state index contributed by atoms with van der Waals surface area (Å²) in [6.45, 7) is 0.813. The highest BCUT2D eigenvalue weighted by molar-refractivity contribution is 7.90. The Bertz CT molecular complexity index is 1090. The molecule has 1 heterocycles. The molecule has 1 saturated heterocycles. The fourth-order valence-electron chi connectivity index (χ4n) is 4.03. The predicted molar refractivity (Wildman–Crippen MR) is 119 cm³/mol. The van der Waals surface area contributed by atoms with E-state index in [2.05, 4.69) is 9.71 Å². The van der Waals surface area contributed by atoms with E-state index in [0.29, 0.717) is 23.0 Å². The Kier molecular flexibility index (Phi) is 5.59. The summed E-state index contributed by atoms with van der Waals surface area (Å²) >= 11 is 6.12. The van der Waals surface area contributed by atoms with Gasteiger partial charge in [0.25, 0.3) is 10.0 Å². The molecule has 4 rings (SSSR count). The Hall–Kier alpha value is -2.38. The molecule has 1 N–H and O–H groups in total. The maximum Gasteiger partial charge on any atom is 0.283 e. The third kappa shape index (κ3) is 3.96. The van der Waals surface area contributed by atoms with E-state index in [1.807, 2.05) is 30.1 Å². The van der Waals surface area contributed by atoms with Crippen LogP contribution in [-0.2, 0) is 20.2 Å². The van der Waals surface area contributed by atoms with Crippen LogP contribution in [-0.4, -0.2) is 38.7 Å². The number of nitrogens with zero attached hydrogens (tertiary/aromatic N) is 2. The van der Waals surface area contributed by atoms with Crippen molar-refractivity contribution < 1.29 is 13.2 Å². The van der Waals surface area contributed by atoms with E-state index in [9.17, 15) is 13.2 Å². The number of amidine groups is 1. The molecule has 30 heavy (non-hydrogen) atoms. The summed E-state index contributed by atoms with van der Waals surface area (Å²) in [5.74, 6) is 0.486. The number of nitrogens with one attached hydrogen (secondary N) is 1. The standard InChI is InChI=1S/C22H24ClN3O3S/c1-26-14-3-7-20(26)25-30(28,29)19-10-8-18(9-11-19)24-21(27)22(12-4-13-22)16-5-2-6-17(23)15-16/h2,5-6,8-11,15H,3-4,7,12-14H2,1H3,(H,24,27)/b25-20-. The van der Waals surface area contributed by atoms with Crippen molar-refractivity contribution in [3.63, 3.8) is 0 Å². The van der Waals surface area contributed by atoms with Gasteiger partial charge in [0.1, 0.15) is 5.84 Å². The molecular formula is C22H24ClN3O3S. The summed E-state index contributed by atoms with van der Waals surface area (Å²) in [4.78, 5) is 15.1. The molecule has 2 aromatic rings. The fourth-order valence-corrected chi connectivity index (χ4v) is 5.31. The maximum absolute atomic E-state index is 13.1. The van der Waals surface area contributed by atoms with Crippen molar-refractivity contribution in [2.45, 2.75) is 42.4 Å². The summed E-state index contributed by atoms with van der Waals surface area (Å²) in [6, 6.07) is 13.6. The van der Waals surface area contributed by atoms with Gasteiger partial charge in [-0.05, 0) is 61.2 Å². The lowest BCUT2D eigenvalue weighted by Crippen LogP contribution is -2.46. The van der Waals surface area contributed by atoms with Gasteiger partial charge in [-0.15, -0.1) is 4.40 Å². The van der Waals surface area contributed by atoms with Crippen molar-refractivity contribution in [3.05, 3.63) is 59.1 Å². The molecule has 158 valence electrons. The monoisotopic (exact) mass is 445 g/mol. The van der Waals surface area contributed by atoms with E-state index in [-0.39, 0.29) is 10.8 Å². The lowest BCUT2D eigenvalue weighted by atomic mass is 9.64. The van der Waals surface area contributed by atoms with Crippen LogP contribution in [0.1, 0.15) is 37.7 Å². The van der Waals surface area contributed by atoms with Gasteiger partial charge < -0.3 is 10.2 Å². The van der Waals surface area contributed by atoms with E-state index >= 15 is 0 Å². The Balaban J connectivity index is 1.51. The Morgan fingerprint density at radius 2 is 1.87 bits per heavy atom. The van der Waals surface area contributed by atoms with Crippen molar-refractivity contribution in [2.75, 3.05) is 18.9 Å². The van der Waals surface area contributed by atoms with Gasteiger partial charge in [0, 0.05) is 30.7 Å². The second-order valence-electron chi connectivity index (χ2n) is 7.93. The van der Waals surface area contributed by atoms with Gasteiger partial charge in [-0.25, -0.2) is 0 Å². The Morgan fingerprint density at radius 3 is 2.43 bits per heavy atom. The normalized spacial score (nSPS) is 19.5. The number of benzene rings is 2. The summed E-state index contributed by atoms with van der Waals surface area (Å²) in [5.41, 5.74) is 0.877. The van der Waals surface area contributed by atoms with Crippen LogP contribution in [0.5, 0.6) is 0 Å². The van der Waals surface area contributed by atoms with E-state index in [4.69, 9.17) is 11.6 Å². The topological polar surface area (TPSA) is 78.8 Å². The molecule has 0 radical (unpaired) electrons. The zero-order chi connectivity index (χ0) is 21.4. The lowest BCUT2D eigenvalue weighted by Gasteiger charge is -2.40. The second-order valence-corrected chi connectivity index (χ2v) is 9.97. The minimum atomic E-state index is -3.77. The number of amides is 1. The van der Waals surface area contributed by atoms with Gasteiger partial charge in [-0.2, -0.15) is 8.42 Å². The van der Waals surface area contributed by atoms with Crippen molar-refractivity contribution in [3.8, 4) is 0 Å². The van der Waals surface area contributed by atoms with Crippen LogP contribution in [0.4, 0.5) is 5.69 Å². The first kappa shape index (κ1) is 20.9. The first-order valence-corrected chi connectivity index (χ1v) is 11.8. The highest BCUT2D eigenvalue weighted by atomic mass is 35.5. The SMILES string of the molecule is CN1CCC/C1=N/S(=O)(=O)c1ccc(NC(=O)C2(c3cccc(Cl)c3)CCC2)cc1. The van der Waals surface area contributed by atoms with Gasteiger partial charge in [-0.3, -0.25) is 4.79 Å². The van der Waals surface area contributed by atoms with E-state index in [0.717, 1.165) is 37.8 Å². The molecular weight excluding hydrogens is 422 g/mol. The van der Waals surface area contributed by atoms with Crippen LogP contribution < -0.4 is 5.32 Å². The van der Waals surface area contributed by atoms with Crippen molar-refractivity contribution >= 4 is 39.1 Å². The molecule has 1 saturated carbocycles. The van der Waals surface area contributed by atoms with Gasteiger partial charge >= 0.3 is 0 Å². The molecule has 8 heteroatoms. The van der Waals surface area contributed by atoms with Crippen LogP contribution in [0, 0.1) is 0 Å². The maximum atomic E-state index is 13.1. The first-order chi connectivity index (χ1) is 14.3. The number of sulfonamides is 1. The average molecular weight is 446 g/mol. The zero-order valence-corrected chi connectivity index (χ0v) is 18.3. The summed E-state index contributed by atoms with van der Waals surface area (Å²) in [6.07, 6.45) is 4.07. The minimum absolute atomic E-state index is 0.0977. The molecule has 0 bridgehead atoms. The molecule has 1 aliphatic carbocycles. The first-order valence-electron chi connectivity index (χ1n) is 10.0. The molecule has 2 fully saturated rings.